The third-order valence-corrected chi connectivity index (χ3v) is 3.21. The first kappa shape index (κ1) is 15.7. The molecule has 0 bridgehead atoms. The molecule has 0 spiro atoms. The van der Waals surface area contributed by atoms with E-state index < -0.39 is 5.91 Å². The molecule has 0 aromatic heterocycles. The van der Waals surface area contributed by atoms with Gasteiger partial charge in [-0.05, 0) is 41.8 Å². The summed E-state index contributed by atoms with van der Waals surface area (Å²) < 4.78 is 0. The lowest BCUT2D eigenvalue weighted by Gasteiger charge is -2.08. The summed E-state index contributed by atoms with van der Waals surface area (Å²) in [7, 11) is 0. The zero-order valence-electron chi connectivity index (χ0n) is 12.3. The number of carbonyl (C=O) groups is 2. The molecule has 2 aromatic rings. The lowest BCUT2D eigenvalue weighted by molar-refractivity contribution is -0.116. The molecule has 0 atom stereocenters. The Bertz CT molecular complexity index is 666. The minimum atomic E-state index is -0.549. The maximum atomic E-state index is 11.6. The number of rotatable bonds is 5. The second-order valence-corrected chi connectivity index (χ2v) is 4.90. The highest BCUT2D eigenvalue weighted by molar-refractivity contribution is 5.94. The summed E-state index contributed by atoms with van der Waals surface area (Å²) in [5.74, 6) is -0.554. The molecule has 0 aliphatic carbocycles. The minimum Gasteiger partial charge on any atom is -0.326 e. The van der Waals surface area contributed by atoms with Gasteiger partial charge in [0.1, 0.15) is 0 Å². The molecule has 5 nitrogen and oxygen atoms in total. The summed E-state index contributed by atoms with van der Waals surface area (Å²) in [5, 5.41) is 11.5. The molecule has 0 saturated carbocycles. The van der Waals surface area contributed by atoms with Crippen LogP contribution in [-0.2, 0) is 4.79 Å². The van der Waals surface area contributed by atoms with Gasteiger partial charge in [-0.15, -0.1) is 0 Å². The summed E-state index contributed by atoms with van der Waals surface area (Å²) in [6.07, 6.45) is 1.30. The fourth-order valence-electron chi connectivity index (χ4n) is 2.11. The first-order valence-electron chi connectivity index (χ1n) is 7.09. The largest absolute Gasteiger partial charge is 0.326 e. The highest BCUT2D eigenvalue weighted by Gasteiger charge is 2.06. The van der Waals surface area contributed by atoms with Crippen molar-refractivity contribution in [2.24, 2.45) is 0 Å². The molecule has 0 unspecified atom stereocenters. The lowest BCUT2D eigenvalue weighted by Crippen LogP contribution is -2.18. The molecule has 2 rings (SSSR count). The van der Waals surface area contributed by atoms with E-state index in [-0.39, 0.29) is 5.91 Å². The van der Waals surface area contributed by atoms with Crippen LogP contribution in [0.2, 0.25) is 0 Å². The zero-order valence-corrected chi connectivity index (χ0v) is 12.3. The average molecular weight is 298 g/mol. The van der Waals surface area contributed by atoms with Crippen LogP contribution in [0.5, 0.6) is 0 Å². The van der Waals surface area contributed by atoms with E-state index in [9.17, 15) is 9.59 Å². The third-order valence-electron chi connectivity index (χ3n) is 3.21. The van der Waals surface area contributed by atoms with Crippen LogP contribution < -0.4 is 10.8 Å². The quantitative estimate of drug-likeness (QED) is 0.586. The molecule has 0 aliphatic heterocycles. The Kier molecular flexibility index (Phi) is 5.27. The van der Waals surface area contributed by atoms with E-state index in [1.54, 1.807) is 29.7 Å². The second-order valence-electron chi connectivity index (χ2n) is 4.90. The highest BCUT2D eigenvalue weighted by Crippen LogP contribution is 2.23. The van der Waals surface area contributed by atoms with Crippen LogP contribution >= 0.6 is 0 Å². The van der Waals surface area contributed by atoms with E-state index in [0.29, 0.717) is 12.0 Å². The molecule has 0 radical (unpaired) electrons. The van der Waals surface area contributed by atoms with Crippen LogP contribution in [0.15, 0.2) is 48.5 Å². The molecule has 0 saturated heterocycles. The SMILES string of the molecule is CCCC(=O)Nc1cccc(-c2ccc(C(=O)NO)cc2)c1. The van der Waals surface area contributed by atoms with Crippen molar-refractivity contribution in [3.63, 3.8) is 0 Å². The Hall–Kier alpha value is -2.66. The Morgan fingerprint density at radius 2 is 1.77 bits per heavy atom. The van der Waals surface area contributed by atoms with Gasteiger partial charge in [0.05, 0.1) is 0 Å². The minimum absolute atomic E-state index is 0.00499. The smallest absolute Gasteiger partial charge is 0.274 e. The first-order valence-corrected chi connectivity index (χ1v) is 7.09. The summed E-state index contributed by atoms with van der Waals surface area (Å²) in [5.41, 5.74) is 4.57. The Morgan fingerprint density at radius 1 is 1.05 bits per heavy atom. The van der Waals surface area contributed by atoms with Crippen molar-refractivity contribution in [2.75, 3.05) is 5.32 Å². The number of hydroxylamine groups is 1. The summed E-state index contributed by atoms with van der Waals surface area (Å²) in [4.78, 5) is 22.9. The molecule has 2 amide bonds. The van der Waals surface area contributed by atoms with E-state index >= 15 is 0 Å². The van der Waals surface area contributed by atoms with E-state index in [1.165, 1.54) is 0 Å². The van der Waals surface area contributed by atoms with Crippen molar-refractivity contribution in [3.8, 4) is 11.1 Å². The van der Waals surface area contributed by atoms with Gasteiger partial charge in [-0.1, -0.05) is 31.2 Å². The monoisotopic (exact) mass is 298 g/mol. The van der Waals surface area contributed by atoms with Crippen LogP contribution in [0.25, 0.3) is 11.1 Å². The van der Waals surface area contributed by atoms with Crippen molar-refractivity contribution in [1.82, 2.24) is 5.48 Å². The van der Waals surface area contributed by atoms with Gasteiger partial charge in [0.2, 0.25) is 5.91 Å². The number of hydrogen-bond acceptors (Lipinski definition) is 3. The number of hydrogen-bond donors (Lipinski definition) is 3. The van der Waals surface area contributed by atoms with Crippen molar-refractivity contribution in [3.05, 3.63) is 54.1 Å². The van der Waals surface area contributed by atoms with Gasteiger partial charge < -0.3 is 5.32 Å². The molecule has 0 heterocycles. The molecule has 5 heteroatoms. The van der Waals surface area contributed by atoms with Crippen LogP contribution in [0.3, 0.4) is 0 Å². The van der Waals surface area contributed by atoms with Gasteiger partial charge in [0.15, 0.2) is 0 Å². The number of nitrogens with one attached hydrogen (secondary N) is 2. The molecule has 2 aromatic carbocycles. The van der Waals surface area contributed by atoms with Crippen LogP contribution in [-0.4, -0.2) is 17.0 Å². The molecule has 3 N–H and O–H groups in total. The van der Waals surface area contributed by atoms with Gasteiger partial charge in [-0.3, -0.25) is 14.8 Å². The molecular weight excluding hydrogens is 280 g/mol. The fourth-order valence-corrected chi connectivity index (χ4v) is 2.11. The van der Waals surface area contributed by atoms with Gasteiger partial charge in [0.25, 0.3) is 5.91 Å². The van der Waals surface area contributed by atoms with Crippen molar-refractivity contribution >= 4 is 17.5 Å². The Labute approximate surface area is 128 Å². The highest BCUT2D eigenvalue weighted by atomic mass is 16.5. The van der Waals surface area contributed by atoms with E-state index in [1.807, 2.05) is 31.2 Å². The predicted octanol–water partition coefficient (Wildman–Crippen LogP) is 3.21. The molecule has 114 valence electrons. The van der Waals surface area contributed by atoms with Crippen LogP contribution in [0, 0.1) is 0 Å². The van der Waals surface area contributed by atoms with Gasteiger partial charge in [-0.25, -0.2) is 5.48 Å². The maximum Gasteiger partial charge on any atom is 0.274 e. The van der Waals surface area contributed by atoms with E-state index in [4.69, 9.17) is 5.21 Å². The standard InChI is InChI=1S/C17H18N2O3/c1-2-4-16(20)18-15-6-3-5-14(11-15)12-7-9-13(10-8-12)17(21)19-22/h3,5-11,22H,2,4H2,1H3,(H,18,20)(H,19,21). The van der Waals surface area contributed by atoms with Crippen molar-refractivity contribution in [2.45, 2.75) is 19.8 Å². The van der Waals surface area contributed by atoms with Crippen molar-refractivity contribution in [1.29, 1.82) is 0 Å². The van der Waals surface area contributed by atoms with Crippen molar-refractivity contribution < 1.29 is 14.8 Å². The normalized spacial score (nSPS) is 10.1. The number of benzene rings is 2. The van der Waals surface area contributed by atoms with Crippen LogP contribution in [0.1, 0.15) is 30.1 Å². The first-order chi connectivity index (χ1) is 10.6. The van der Waals surface area contributed by atoms with Crippen LogP contribution in [0.4, 0.5) is 5.69 Å². The molecule has 22 heavy (non-hydrogen) atoms. The third kappa shape index (κ3) is 3.93. The topological polar surface area (TPSA) is 78.4 Å². The predicted molar refractivity (Wildman–Crippen MR) is 84.7 cm³/mol. The van der Waals surface area contributed by atoms with E-state index in [2.05, 4.69) is 5.32 Å². The number of anilines is 1. The molecule has 0 aliphatic rings. The maximum absolute atomic E-state index is 11.6. The summed E-state index contributed by atoms with van der Waals surface area (Å²) >= 11 is 0. The summed E-state index contributed by atoms with van der Waals surface area (Å²) in [6.45, 7) is 1.96. The zero-order chi connectivity index (χ0) is 15.9. The van der Waals surface area contributed by atoms with E-state index in [0.717, 1.165) is 23.2 Å². The molecular formula is C17H18N2O3. The second kappa shape index (κ2) is 7.38. The lowest BCUT2D eigenvalue weighted by atomic mass is 10.0. The summed E-state index contributed by atoms with van der Waals surface area (Å²) in [6, 6.07) is 14.3. The Balaban J connectivity index is 2.18. The van der Waals surface area contributed by atoms with Gasteiger partial charge in [0, 0.05) is 17.7 Å². The molecule has 0 fully saturated rings. The number of amides is 2. The average Bonchev–Trinajstić information content (AvgIpc) is 2.54. The van der Waals surface area contributed by atoms with Gasteiger partial charge in [-0.2, -0.15) is 0 Å². The van der Waals surface area contributed by atoms with Gasteiger partial charge >= 0.3 is 0 Å². The Morgan fingerprint density at radius 3 is 2.41 bits per heavy atom. The number of carbonyl (C=O) groups excluding carboxylic acids is 2. The fraction of sp³-hybridized carbons (Fsp3) is 0.176.